The van der Waals surface area contributed by atoms with Crippen LogP contribution < -0.4 is 10.9 Å². The molecular formula is C12H15F3N2O4. The van der Waals surface area contributed by atoms with E-state index in [2.05, 4.69) is 5.32 Å². The molecule has 0 aromatic carbocycles. The number of alkyl halides is 3. The number of nitrogens with one attached hydrogen (secondary N) is 2. The minimum Gasteiger partial charge on any atom is -0.394 e. The van der Waals surface area contributed by atoms with Crippen molar-refractivity contribution in [1.29, 1.82) is 0 Å². The molecule has 118 valence electrons. The predicted molar refractivity (Wildman–Crippen MR) is 66.7 cm³/mol. The fraction of sp³-hybridized carbons (Fsp3) is 0.500. The van der Waals surface area contributed by atoms with E-state index in [0.29, 0.717) is 6.07 Å². The van der Waals surface area contributed by atoms with Crippen LogP contribution in [0.25, 0.3) is 0 Å². The Hall–Kier alpha value is -1.87. The monoisotopic (exact) mass is 308 g/mol. The molecule has 21 heavy (non-hydrogen) atoms. The summed E-state index contributed by atoms with van der Waals surface area (Å²) in [6.45, 7) is 0.429. The summed E-state index contributed by atoms with van der Waals surface area (Å²) in [6, 6.07) is 1.31. The Bertz CT molecular complexity index is 556. The van der Waals surface area contributed by atoms with Crippen molar-refractivity contribution in [3.8, 4) is 0 Å². The van der Waals surface area contributed by atoms with Gasteiger partial charge in [0.15, 0.2) is 0 Å². The lowest BCUT2D eigenvalue weighted by atomic mass is 9.98. The zero-order valence-electron chi connectivity index (χ0n) is 11.1. The lowest BCUT2D eigenvalue weighted by Gasteiger charge is -2.29. The third kappa shape index (κ3) is 3.82. The number of H-pyrrole nitrogens is 1. The minimum atomic E-state index is -4.72. The second-order valence-corrected chi connectivity index (χ2v) is 4.52. The van der Waals surface area contributed by atoms with E-state index in [-0.39, 0.29) is 6.42 Å². The molecule has 0 aliphatic heterocycles. The van der Waals surface area contributed by atoms with E-state index in [1.54, 1.807) is 11.9 Å². The fourth-order valence-corrected chi connectivity index (χ4v) is 1.57. The molecule has 1 aromatic rings. The van der Waals surface area contributed by atoms with Crippen LogP contribution in [0.5, 0.6) is 0 Å². The molecule has 1 amide bonds. The Labute approximate surface area is 117 Å². The van der Waals surface area contributed by atoms with Gasteiger partial charge in [-0.25, -0.2) is 0 Å². The number of hydrogen-bond acceptors (Lipinski definition) is 4. The van der Waals surface area contributed by atoms with E-state index in [0.717, 1.165) is 6.07 Å². The van der Waals surface area contributed by atoms with Gasteiger partial charge in [-0.15, -0.1) is 0 Å². The first-order chi connectivity index (χ1) is 9.69. The van der Waals surface area contributed by atoms with Gasteiger partial charge >= 0.3 is 6.18 Å². The summed E-state index contributed by atoms with van der Waals surface area (Å²) in [5.41, 5.74) is -4.35. The van der Waals surface area contributed by atoms with Crippen LogP contribution in [0.3, 0.4) is 0 Å². The number of aromatic amines is 1. The molecule has 1 heterocycles. The lowest BCUT2D eigenvalue weighted by Crippen LogP contribution is -2.54. The second kappa shape index (κ2) is 6.27. The van der Waals surface area contributed by atoms with E-state index in [9.17, 15) is 33.0 Å². The van der Waals surface area contributed by atoms with Gasteiger partial charge in [0.25, 0.3) is 11.5 Å². The quantitative estimate of drug-likeness (QED) is 0.626. The summed E-state index contributed by atoms with van der Waals surface area (Å²) in [4.78, 5) is 25.0. The van der Waals surface area contributed by atoms with Crippen molar-refractivity contribution >= 4 is 5.91 Å². The molecule has 0 aliphatic rings. The molecule has 0 aliphatic carbocycles. The number of aliphatic hydroxyl groups is 2. The van der Waals surface area contributed by atoms with Gasteiger partial charge in [-0.2, -0.15) is 13.2 Å². The summed E-state index contributed by atoms with van der Waals surface area (Å²) in [7, 11) is 0. The number of halogens is 3. The Balaban J connectivity index is 3.07. The molecule has 0 spiro atoms. The van der Waals surface area contributed by atoms with Crippen molar-refractivity contribution in [3.05, 3.63) is 33.7 Å². The maximum atomic E-state index is 12.4. The molecule has 1 aromatic heterocycles. The number of carbonyl (C=O) groups is 1. The normalized spacial score (nSPS) is 12.3. The fourth-order valence-electron chi connectivity index (χ4n) is 1.57. The average Bonchev–Trinajstić information content (AvgIpc) is 2.43. The van der Waals surface area contributed by atoms with Crippen molar-refractivity contribution in [1.82, 2.24) is 10.3 Å². The molecule has 0 unspecified atom stereocenters. The topological polar surface area (TPSA) is 102 Å². The highest BCUT2D eigenvalue weighted by molar-refractivity contribution is 5.94. The SMILES string of the molecule is CCC(CO)(CO)NC(=O)c1ccc(C(F)(F)F)[nH]c1=O. The number of aliphatic hydroxyl groups excluding tert-OH is 2. The Kier molecular flexibility index (Phi) is 5.13. The molecule has 1 rings (SSSR count). The van der Waals surface area contributed by atoms with Crippen molar-refractivity contribution in [2.45, 2.75) is 25.1 Å². The van der Waals surface area contributed by atoms with E-state index in [4.69, 9.17) is 0 Å². The van der Waals surface area contributed by atoms with Crippen molar-refractivity contribution < 1.29 is 28.2 Å². The van der Waals surface area contributed by atoms with Gasteiger partial charge in [-0.05, 0) is 18.6 Å². The van der Waals surface area contributed by atoms with Gasteiger partial charge in [0.2, 0.25) is 0 Å². The Morgan fingerprint density at radius 2 is 1.86 bits per heavy atom. The highest BCUT2D eigenvalue weighted by Crippen LogP contribution is 2.26. The molecule has 0 atom stereocenters. The first-order valence-corrected chi connectivity index (χ1v) is 6.04. The number of hydrogen-bond donors (Lipinski definition) is 4. The third-order valence-corrected chi connectivity index (χ3v) is 3.12. The molecule has 0 bridgehead atoms. The van der Waals surface area contributed by atoms with Crippen LogP contribution in [0, 0.1) is 0 Å². The largest absolute Gasteiger partial charge is 0.431 e. The highest BCUT2D eigenvalue weighted by Gasteiger charge is 2.33. The van der Waals surface area contributed by atoms with Gasteiger partial charge < -0.3 is 20.5 Å². The van der Waals surface area contributed by atoms with E-state index in [1.165, 1.54) is 0 Å². The molecule has 0 radical (unpaired) electrons. The van der Waals surface area contributed by atoms with Crippen LogP contribution in [0.15, 0.2) is 16.9 Å². The lowest BCUT2D eigenvalue weighted by molar-refractivity contribution is -0.141. The predicted octanol–water partition coefficient (Wildman–Crippen LogP) is 0.257. The van der Waals surface area contributed by atoms with Crippen LogP contribution in [0.1, 0.15) is 29.4 Å². The highest BCUT2D eigenvalue weighted by atomic mass is 19.4. The van der Waals surface area contributed by atoms with Crippen LogP contribution in [-0.4, -0.2) is 39.9 Å². The zero-order valence-corrected chi connectivity index (χ0v) is 11.1. The maximum Gasteiger partial charge on any atom is 0.431 e. The average molecular weight is 308 g/mol. The summed E-state index contributed by atoms with van der Waals surface area (Å²) >= 11 is 0. The Morgan fingerprint density at radius 3 is 2.24 bits per heavy atom. The summed E-state index contributed by atoms with van der Waals surface area (Å²) in [5.74, 6) is -0.977. The van der Waals surface area contributed by atoms with Crippen molar-refractivity contribution in [3.63, 3.8) is 0 Å². The van der Waals surface area contributed by atoms with E-state index >= 15 is 0 Å². The first kappa shape index (κ1) is 17.2. The molecule has 6 nitrogen and oxygen atoms in total. The van der Waals surface area contributed by atoms with Crippen LogP contribution in [0.4, 0.5) is 13.2 Å². The number of rotatable bonds is 5. The molecule has 4 N–H and O–H groups in total. The van der Waals surface area contributed by atoms with Gasteiger partial charge in [0.05, 0.1) is 18.8 Å². The number of amides is 1. The first-order valence-electron chi connectivity index (χ1n) is 6.04. The molecule has 9 heteroatoms. The second-order valence-electron chi connectivity index (χ2n) is 4.52. The molecule has 0 fully saturated rings. The van der Waals surface area contributed by atoms with Crippen molar-refractivity contribution in [2.24, 2.45) is 0 Å². The molecule has 0 saturated carbocycles. The van der Waals surface area contributed by atoms with Crippen LogP contribution in [0.2, 0.25) is 0 Å². The maximum absolute atomic E-state index is 12.4. The summed E-state index contributed by atoms with van der Waals surface area (Å²) < 4.78 is 37.2. The minimum absolute atomic E-state index is 0.171. The number of pyridine rings is 1. The zero-order chi connectivity index (χ0) is 16.3. The Morgan fingerprint density at radius 1 is 1.29 bits per heavy atom. The standard InChI is InChI=1S/C12H15F3N2O4/c1-2-11(5-18,6-19)17-10(21)7-3-4-8(12(13,14)15)16-9(7)20/h3-4,18-19H,2,5-6H2,1H3,(H,16,20)(H,17,21). The van der Waals surface area contributed by atoms with Crippen LogP contribution in [-0.2, 0) is 6.18 Å². The summed E-state index contributed by atoms with van der Waals surface area (Å²) in [5, 5.41) is 20.6. The van der Waals surface area contributed by atoms with E-state index < -0.39 is 47.7 Å². The third-order valence-electron chi connectivity index (χ3n) is 3.12. The smallest absolute Gasteiger partial charge is 0.394 e. The molecule has 0 saturated heterocycles. The number of aromatic nitrogens is 1. The van der Waals surface area contributed by atoms with Crippen LogP contribution >= 0.6 is 0 Å². The van der Waals surface area contributed by atoms with Gasteiger partial charge in [0, 0.05) is 0 Å². The van der Waals surface area contributed by atoms with Gasteiger partial charge in [-0.1, -0.05) is 6.92 Å². The van der Waals surface area contributed by atoms with Crippen molar-refractivity contribution in [2.75, 3.05) is 13.2 Å². The van der Waals surface area contributed by atoms with Gasteiger partial charge in [-0.3, -0.25) is 9.59 Å². The van der Waals surface area contributed by atoms with E-state index in [1.807, 2.05) is 0 Å². The van der Waals surface area contributed by atoms with Gasteiger partial charge in [0.1, 0.15) is 11.3 Å². The summed E-state index contributed by atoms with van der Waals surface area (Å²) in [6.07, 6.45) is -4.55. The molecular weight excluding hydrogens is 293 g/mol. The number of carbonyl (C=O) groups excluding carboxylic acids is 1.